The minimum atomic E-state index is -0.832. The summed E-state index contributed by atoms with van der Waals surface area (Å²) in [5.74, 6) is -2.08. The molecular weight excluding hydrogens is 524 g/mol. The zero-order valence-electron chi connectivity index (χ0n) is 22.8. The number of benzene rings is 1. The molecule has 210 valence electrons. The molecule has 39 heavy (non-hydrogen) atoms. The molecule has 1 saturated heterocycles. The third kappa shape index (κ3) is 7.35. The number of halogens is 1. The maximum Gasteiger partial charge on any atom is 0.336 e. The number of methoxy groups -OCH3 is 1. The standard InChI is InChI=1S/C27H35ClN6O5/c1-5-39-26(36)24-21(16-38-15-14-33-10-12-34(13-11-33)27(30-3)31-17-29)32-18(2)22(25(35)37-4)23(24)19-8-6-7-9-20(19)28/h6-9,22-23H,5,10-16H2,1-4H3,(H,30,31). The van der Waals surface area contributed by atoms with Crippen molar-refractivity contribution in [1.29, 1.82) is 5.26 Å². The molecule has 1 aromatic carbocycles. The normalized spacial score (nSPS) is 20.3. The number of rotatable bonds is 9. The van der Waals surface area contributed by atoms with Crippen molar-refractivity contribution < 1.29 is 23.8 Å². The van der Waals surface area contributed by atoms with E-state index < -0.39 is 23.8 Å². The largest absolute Gasteiger partial charge is 0.468 e. The zero-order chi connectivity index (χ0) is 28.4. The smallest absolute Gasteiger partial charge is 0.336 e. The Morgan fingerprint density at radius 1 is 1.26 bits per heavy atom. The van der Waals surface area contributed by atoms with Gasteiger partial charge in [0, 0.05) is 56.4 Å². The van der Waals surface area contributed by atoms with Gasteiger partial charge in [-0.05, 0) is 25.5 Å². The van der Waals surface area contributed by atoms with E-state index in [0.29, 0.717) is 41.1 Å². The number of piperazine rings is 1. The molecule has 11 nitrogen and oxygen atoms in total. The monoisotopic (exact) mass is 558 g/mol. The van der Waals surface area contributed by atoms with Crippen LogP contribution in [0.1, 0.15) is 25.3 Å². The number of ether oxygens (including phenoxy) is 3. The van der Waals surface area contributed by atoms with Crippen molar-refractivity contribution in [2.45, 2.75) is 19.8 Å². The van der Waals surface area contributed by atoms with Gasteiger partial charge in [-0.25, -0.2) is 4.79 Å². The lowest BCUT2D eigenvalue weighted by atomic mass is 9.75. The lowest BCUT2D eigenvalue weighted by Crippen LogP contribution is -2.52. The Morgan fingerprint density at radius 2 is 1.97 bits per heavy atom. The van der Waals surface area contributed by atoms with Gasteiger partial charge in [0.05, 0.1) is 38.2 Å². The minimum Gasteiger partial charge on any atom is -0.468 e. The van der Waals surface area contributed by atoms with Crippen molar-refractivity contribution in [2.24, 2.45) is 15.9 Å². The number of esters is 2. The summed E-state index contributed by atoms with van der Waals surface area (Å²) >= 11 is 6.55. The Balaban J connectivity index is 1.76. The summed E-state index contributed by atoms with van der Waals surface area (Å²) in [7, 11) is 2.96. The number of nitrogens with zero attached hydrogens (tertiary/aromatic N) is 5. The lowest BCUT2D eigenvalue weighted by molar-refractivity contribution is -0.144. The highest BCUT2D eigenvalue weighted by Gasteiger charge is 2.43. The van der Waals surface area contributed by atoms with E-state index in [-0.39, 0.29) is 18.8 Å². The van der Waals surface area contributed by atoms with E-state index in [2.05, 4.69) is 20.2 Å². The van der Waals surface area contributed by atoms with Crippen LogP contribution in [-0.2, 0) is 23.8 Å². The van der Waals surface area contributed by atoms with Gasteiger partial charge >= 0.3 is 11.9 Å². The molecule has 0 radical (unpaired) electrons. The molecule has 2 heterocycles. The van der Waals surface area contributed by atoms with Gasteiger partial charge in [-0.15, -0.1) is 0 Å². The first-order valence-corrected chi connectivity index (χ1v) is 13.2. The van der Waals surface area contributed by atoms with Crippen LogP contribution in [0.4, 0.5) is 0 Å². The van der Waals surface area contributed by atoms with Gasteiger partial charge in [-0.3, -0.25) is 25.0 Å². The fraction of sp³-hybridized carbons (Fsp3) is 0.519. The first-order valence-electron chi connectivity index (χ1n) is 12.8. The van der Waals surface area contributed by atoms with Crippen LogP contribution in [-0.4, -0.2) is 100 Å². The van der Waals surface area contributed by atoms with Crippen LogP contribution >= 0.6 is 11.6 Å². The Kier molecular flexibility index (Phi) is 11.3. The molecule has 12 heteroatoms. The number of aliphatic imine (C=N–C) groups is 2. The molecule has 2 unspecified atom stereocenters. The third-order valence-electron chi connectivity index (χ3n) is 6.75. The Labute approximate surface area is 234 Å². The summed E-state index contributed by atoms with van der Waals surface area (Å²) in [6.45, 7) is 7.84. The number of nitriles is 1. The third-order valence-corrected chi connectivity index (χ3v) is 7.09. The van der Waals surface area contributed by atoms with Gasteiger partial charge in [-0.1, -0.05) is 29.8 Å². The quantitative estimate of drug-likeness (QED) is 0.121. The van der Waals surface area contributed by atoms with Gasteiger partial charge in [0.15, 0.2) is 6.19 Å². The molecule has 0 bridgehead atoms. The molecule has 0 aromatic heterocycles. The zero-order valence-corrected chi connectivity index (χ0v) is 23.5. The second-order valence-electron chi connectivity index (χ2n) is 9.00. The van der Waals surface area contributed by atoms with Crippen molar-refractivity contribution in [1.82, 2.24) is 15.1 Å². The van der Waals surface area contributed by atoms with Gasteiger partial charge in [0.2, 0.25) is 5.96 Å². The summed E-state index contributed by atoms with van der Waals surface area (Å²) in [4.78, 5) is 39.2. The molecule has 2 atom stereocenters. The van der Waals surface area contributed by atoms with Crippen molar-refractivity contribution in [3.05, 3.63) is 46.1 Å². The average molecular weight is 559 g/mol. The van der Waals surface area contributed by atoms with Crippen LogP contribution in [0.25, 0.3) is 0 Å². The predicted molar refractivity (Wildman–Crippen MR) is 147 cm³/mol. The van der Waals surface area contributed by atoms with E-state index in [0.717, 1.165) is 26.2 Å². The topological polar surface area (TPSA) is 129 Å². The molecule has 0 amide bonds. The van der Waals surface area contributed by atoms with Crippen molar-refractivity contribution in [3.63, 3.8) is 0 Å². The van der Waals surface area contributed by atoms with Crippen LogP contribution in [0.2, 0.25) is 5.02 Å². The van der Waals surface area contributed by atoms with E-state index in [1.165, 1.54) is 7.11 Å². The number of carbonyl (C=O) groups excluding carboxylic acids is 2. The van der Waals surface area contributed by atoms with E-state index in [1.807, 2.05) is 11.1 Å². The van der Waals surface area contributed by atoms with Gasteiger partial charge < -0.3 is 19.1 Å². The number of hydrogen-bond donors (Lipinski definition) is 1. The van der Waals surface area contributed by atoms with Crippen LogP contribution in [0.15, 0.2) is 45.5 Å². The molecule has 2 aliphatic rings. The van der Waals surface area contributed by atoms with Crippen LogP contribution < -0.4 is 5.32 Å². The van der Waals surface area contributed by atoms with Crippen LogP contribution in [0.3, 0.4) is 0 Å². The molecule has 1 N–H and O–H groups in total. The number of nitrogens with one attached hydrogen (secondary N) is 1. The summed E-state index contributed by atoms with van der Waals surface area (Å²) in [5.41, 5.74) is 1.78. The molecule has 3 rings (SSSR count). The van der Waals surface area contributed by atoms with Gasteiger partial charge in [0.25, 0.3) is 0 Å². The summed E-state index contributed by atoms with van der Waals surface area (Å²) < 4.78 is 16.5. The second kappa shape index (κ2) is 14.6. The Bertz CT molecular complexity index is 1170. The summed E-state index contributed by atoms with van der Waals surface area (Å²) in [6.07, 6.45) is 1.91. The number of hydrogen-bond acceptors (Lipinski definition) is 9. The Morgan fingerprint density at radius 3 is 2.59 bits per heavy atom. The molecule has 0 saturated carbocycles. The van der Waals surface area contributed by atoms with Crippen molar-refractivity contribution in [3.8, 4) is 6.19 Å². The van der Waals surface area contributed by atoms with Crippen molar-refractivity contribution >= 4 is 35.2 Å². The predicted octanol–water partition coefficient (Wildman–Crippen LogP) is 2.20. The highest BCUT2D eigenvalue weighted by molar-refractivity contribution is 6.31. The highest BCUT2D eigenvalue weighted by Crippen LogP contribution is 2.42. The lowest BCUT2D eigenvalue weighted by Gasteiger charge is -2.35. The fourth-order valence-corrected chi connectivity index (χ4v) is 5.12. The molecule has 0 spiro atoms. The average Bonchev–Trinajstić information content (AvgIpc) is 2.94. The van der Waals surface area contributed by atoms with Crippen molar-refractivity contribution in [2.75, 3.05) is 66.7 Å². The fourth-order valence-electron chi connectivity index (χ4n) is 4.86. The van der Waals surface area contributed by atoms with E-state index >= 15 is 0 Å². The summed E-state index contributed by atoms with van der Waals surface area (Å²) in [6, 6.07) is 7.10. The Hall–Kier alpha value is -3.46. The first-order chi connectivity index (χ1) is 18.9. The maximum atomic E-state index is 13.3. The van der Waals surface area contributed by atoms with E-state index in [4.69, 9.17) is 31.1 Å². The number of guanidine groups is 1. The highest BCUT2D eigenvalue weighted by atomic mass is 35.5. The van der Waals surface area contributed by atoms with Crippen LogP contribution in [0, 0.1) is 17.4 Å². The van der Waals surface area contributed by atoms with E-state index in [9.17, 15) is 9.59 Å². The molecule has 1 fully saturated rings. The van der Waals surface area contributed by atoms with Gasteiger partial charge in [0.1, 0.15) is 5.92 Å². The molecular formula is C27H35ClN6O5. The minimum absolute atomic E-state index is 0.0685. The maximum absolute atomic E-state index is 13.3. The second-order valence-corrected chi connectivity index (χ2v) is 9.41. The van der Waals surface area contributed by atoms with E-state index in [1.54, 1.807) is 45.2 Å². The van der Waals surface area contributed by atoms with Gasteiger partial charge in [-0.2, -0.15) is 5.26 Å². The first kappa shape index (κ1) is 30.1. The molecule has 0 aliphatic carbocycles. The SMILES string of the molecule is CCOC(=O)C1=C(COCCN2CCN(C(=NC)NC#N)CC2)N=C(C)C(C(=O)OC)C1c1ccccc1Cl. The van der Waals surface area contributed by atoms with Crippen LogP contribution in [0.5, 0.6) is 0 Å². The molecule has 2 aliphatic heterocycles. The number of carbonyl (C=O) groups is 2. The molecule has 1 aromatic rings. The summed E-state index contributed by atoms with van der Waals surface area (Å²) in [5, 5.41) is 11.9.